The average Bonchev–Trinajstić information content (AvgIpc) is 3.31. The van der Waals surface area contributed by atoms with E-state index in [0.717, 1.165) is 33.5 Å². The number of hydrogen-bond acceptors (Lipinski definition) is 4. The summed E-state index contributed by atoms with van der Waals surface area (Å²) in [5, 5.41) is 6.57. The number of thiazole rings is 1. The van der Waals surface area contributed by atoms with Crippen molar-refractivity contribution in [1.82, 2.24) is 9.55 Å². The van der Waals surface area contributed by atoms with Gasteiger partial charge in [0.15, 0.2) is 5.13 Å². The lowest BCUT2D eigenvalue weighted by molar-refractivity contribution is 0.101. The van der Waals surface area contributed by atoms with E-state index in [4.69, 9.17) is 4.74 Å². The first-order valence-corrected chi connectivity index (χ1v) is 10.6. The number of carbonyl (C=O) groups excluding carboxylic acids is 1. The number of benzene rings is 2. The molecule has 0 atom stereocenters. The van der Waals surface area contributed by atoms with Crippen LogP contribution < -0.4 is 10.1 Å². The predicted octanol–water partition coefficient (Wildman–Crippen LogP) is 5.74. The third-order valence-corrected chi connectivity index (χ3v) is 5.68. The molecule has 0 aliphatic carbocycles. The van der Waals surface area contributed by atoms with Crippen molar-refractivity contribution in [2.24, 2.45) is 0 Å². The van der Waals surface area contributed by atoms with Crippen LogP contribution in [0.5, 0.6) is 5.75 Å². The van der Waals surface area contributed by atoms with Crippen LogP contribution in [0.4, 0.5) is 5.13 Å². The maximum Gasteiger partial charge on any atom is 0.274 e. The highest BCUT2D eigenvalue weighted by atomic mass is 32.1. The van der Waals surface area contributed by atoms with E-state index < -0.39 is 0 Å². The molecule has 2 heterocycles. The zero-order valence-corrected chi connectivity index (χ0v) is 17.5. The van der Waals surface area contributed by atoms with Crippen molar-refractivity contribution in [3.8, 4) is 17.0 Å². The fraction of sp³-hybridized carbons (Fsp3) is 0.217. The highest BCUT2D eigenvalue weighted by Crippen LogP contribution is 2.31. The molecule has 0 fully saturated rings. The monoisotopic (exact) mass is 405 g/mol. The first-order valence-electron chi connectivity index (χ1n) is 9.70. The summed E-state index contributed by atoms with van der Waals surface area (Å²) < 4.78 is 7.68. The van der Waals surface area contributed by atoms with Gasteiger partial charge in [0.25, 0.3) is 5.91 Å². The maximum absolute atomic E-state index is 13.1. The topological polar surface area (TPSA) is 56.1 Å². The second-order valence-electron chi connectivity index (χ2n) is 6.69. The minimum atomic E-state index is -0.146. The Labute approximate surface area is 174 Å². The molecule has 2 aromatic heterocycles. The number of carbonyl (C=O) groups is 1. The third-order valence-electron chi connectivity index (χ3n) is 4.92. The van der Waals surface area contributed by atoms with Gasteiger partial charge >= 0.3 is 0 Å². The lowest BCUT2D eigenvalue weighted by atomic mass is 10.1. The van der Waals surface area contributed by atoms with Gasteiger partial charge in [0.2, 0.25) is 0 Å². The molecule has 4 rings (SSSR count). The Morgan fingerprint density at radius 2 is 1.97 bits per heavy atom. The summed E-state index contributed by atoms with van der Waals surface area (Å²) >= 11 is 1.43. The number of hydrogen-bond donors (Lipinski definition) is 1. The Balaban J connectivity index is 1.66. The highest BCUT2D eigenvalue weighted by molar-refractivity contribution is 7.14. The second-order valence-corrected chi connectivity index (χ2v) is 7.55. The van der Waals surface area contributed by atoms with E-state index >= 15 is 0 Å². The van der Waals surface area contributed by atoms with Crippen LogP contribution in [-0.2, 0) is 6.54 Å². The van der Waals surface area contributed by atoms with Gasteiger partial charge in [-0.1, -0.05) is 30.3 Å². The summed E-state index contributed by atoms with van der Waals surface area (Å²) in [6, 6.07) is 15.9. The van der Waals surface area contributed by atoms with Crippen LogP contribution in [0.25, 0.3) is 22.2 Å². The number of nitrogens with one attached hydrogen (secondary N) is 1. The molecule has 0 saturated carbocycles. The van der Waals surface area contributed by atoms with Gasteiger partial charge in [0, 0.05) is 28.4 Å². The molecule has 0 aliphatic rings. The van der Waals surface area contributed by atoms with Gasteiger partial charge in [-0.25, -0.2) is 4.98 Å². The van der Waals surface area contributed by atoms with Gasteiger partial charge in [0.1, 0.15) is 11.4 Å². The quantitative estimate of drug-likeness (QED) is 0.445. The van der Waals surface area contributed by atoms with Crippen LogP contribution in [-0.4, -0.2) is 22.1 Å². The van der Waals surface area contributed by atoms with E-state index in [1.165, 1.54) is 11.3 Å². The van der Waals surface area contributed by atoms with Gasteiger partial charge in [0.05, 0.1) is 12.3 Å². The molecule has 4 aromatic rings. The first kappa shape index (κ1) is 19.2. The molecule has 0 saturated heterocycles. The Bertz CT molecular complexity index is 1160. The van der Waals surface area contributed by atoms with Crippen LogP contribution in [0, 0.1) is 6.92 Å². The summed E-state index contributed by atoms with van der Waals surface area (Å²) in [4.78, 5) is 17.7. The van der Waals surface area contributed by atoms with Crippen molar-refractivity contribution >= 4 is 33.3 Å². The van der Waals surface area contributed by atoms with Crippen LogP contribution in [0.1, 0.15) is 29.9 Å². The van der Waals surface area contributed by atoms with Crippen LogP contribution in [0.2, 0.25) is 0 Å². The summed E-state index contributed by atoms with van der Waals surface area (Å²) in [6.45, 7) is 7.30. The SMILES string of the molecule is CCOc1ccc2c(c1)c(C)c(C(=O)Nc1nc(-c3ccccc3)cs1)n2CC. The molecule has 0 aliphatic heterocycles. The lowest BCUT2D eigenvalue weighted by Gasteiger charge is -2.08. The Kier molecular flexibility index (Phi) is 5.36. The summed E-state index contributed by atoms with van der Waals surface area (Å²) in [7, 11) is 0. The molecule has 1 amide bonds. The highest BCUT2D eigenvalue weighted by Gasteiger charge is 2.21. The van der Waals surface area contributed by atoms with Crippen LogP contribution in [0.3, 0.4) is 0 Å². The van der Waals surface area contributed by atoms with E-state index in [9.17, 15) is 4.79 Å². The van der Waals surface area contributed by atoms with Gasteiger partial charge < -0.3 is 9.30 Å². The smallest absolute Gasteiger partial charge is 0.274 e. The molecule has 1 N–H and O–H groups in total. The second kappa shape index (κ2) is 8.09. The summed E-state index contributed by atoms with van der Waals surface area (Å²) in [5.74, 6) is 0.670. The van der Waals surface area contributed by atoms with Crippen molar-refractivity contribution in [2.75, 3.05) is 11.9 Å². The Morgan fingerprint density at radius 1 is 1.17 bits per heavy atom. The van der Waals surface area contributed by atoms with Gasteiger partial charge in [-0.05, 0) is 44.5 Å². The van der Waals surface area contributed by atoms with E-state index in [0.29, 0.717) is 24.0 Å². The first-order chi connectivity index (χ1) is 14.1. The lowest BCUT2D eigenvalue weighted by Crippen LogP contribution is -2.17. The minimum Gasteiger partial charge on any atom is -0.494 e. The van der Waals surface area contributed by atoms with Crippen molar-refractivity contribution in [3.63, 3.8) is 0 Å². The van der Waals surface area contributed by atoms with Crippen molar-refractivity contribution in [3.05, 3.63) is 65.2 Å². The van der Waals surface area contributed by atoms with Crippen molar-refractivity contribution < 1.29 is 9.53 Å². The number of fused-ring (bicyclic) bond motifs is 1. The Morgan fingerprint density at radius 3 is 2.69 bits per heavy atom. The van der Waals surface area contributed by atoms with Crippen LogP contribution >= 0.6 is 11.3 Å². The molecule has 29 heavy (non-hydrogen) atoms. The number of rotatable bonds is 6. The van der Waals surface area contributed by atoms with Crippen molar-refractivity contribution in [1.29, 1.82) is 0 Å². The molecule has 2 aromatic carbocycles. The van der Waals surface area contributed by atoms with Crippen LogP contribution in [0.15, 0.2) is 53.9 Å². The molecular weight excluding hydrogens is 382 g/mol. The maximum atomic E-state index is 13.1. The molecule has 5 nitrogen and oxygen atoms in total. The summed E-state index contributed by atoms with van der Waals surface area (Å²) in [6.07, 6.45) is 0. The van der Waals surface area contributed by atoms with Crippen molar-refractivity contribution in [2.45, 2.75) is 27.3 Å². The molecule has 148 valence electrons. The Hall–Kier alpha value is -3.12. The molecular formula is C23H23N3O2S. The van der Waals surface area contributed by atoms with Gasteiger partial charge in [-0.15, -0.1) is 11.3 Å². The third kappa shape index (κ3) is 3.63. The fourth-order valence-corrected chi connectivity index (χ4v) is 4.32. The molecule has 0 spiro atoms. The number of amides is 1. The normalized spacial score (nSPS) is 11.0. The van der Waals surface area contributed by atoms with E-state index in [1.54, 1.807) is 0 Å². The number of ether oxygens (including phenoxy) is 1. The predicted molar refractivity (Wildman–Crippen MR) is 119 cm³/mol. The molecule has 6 heteroatoms. The average molecular weight is 406 g/mol. The molecule has 0 bridgehead atoms. The van der Waals surface area contributed by atoms with Gasteiger partial charge in [-0.3, -0.25) is 10.1 Å². The molecule has 0 radical (unpaired) electrons. The zero-order valence-electron chi connectivity index (χ0n) is 16.7. The number of nitrogens with zero attached hydrogens (tertiary/aromatic N) is 2. The van der Waals surface area contributed by atoms with E-state index in [1.807, 2.05) is 79.2 Å². The van der Waals surface area contributed by atoms with E-state index in [2.05, 4.69) is 10.3 Å². The molecule has 0 unspecified atom stereocenters. The number of aromatic nitrogens is 2. The van der Waals surface area contributed by atoms with E-state index in [-0.39, 0.29) is 5.91 Å². The standard InChI is InChI=1S/C23H23N3O2S/c1-4-26-20-12-11-17(28-5-2)13-18(20)15(3)21(26)22(27)25-23-24-19(14-29-23)16-9-7-6-8-10-16/h6-14H,4-5H2,1-3H3,(H,24,25,27). The summed E-state index contributed by atoms with van der Waals surface area (Å²) in [5.41, 5.74) is 4.53. The number of aryl methyl sites for hydroxylation is 2. The largest absolute Gasteiger partial charge is 0.494 e. The fourth-order valence-electron chi connectivity index (χ4n) is 3.61. The zero-order chi connectivity index (χ0) is 20.4. The minimum absolute atomic E-state index is 0.146. The number of anilines is 1. The van der Waals surface area contributed by atoms with Gasteiger partial charge in [-0.2, -0.15) is 0 Å².